The predicted octanol–water partition coefficient (Wildman–Crippen LogP) is 3.44. The zero-order chi connectivity index (χ0) is 6.69. The Morgan fingerprint density at radius 2 is 2.33 bits per heavy atom. The van der Waals surface area contributed by atoms with E-state index in [1.807, 2.05) is 0 Å². The fourth-order valence-corrected chi connectivity index (χ4v) is 1.57. The van der Waals surface area contributed by atoms with Gasteiger partial charge in [-0.25, -0.2) is 0 Å². The van der Waals surface area contributed by atoms with Crippen molar-refractivity contribution in [1.82, 2.24) is 0 Å². The van der Waals surface area contributed by atoms with E-state index in [9.17, 15) is 0 Å². The molecule has 0 amide bonds. The second kappa shape index (κ2) is 3.40. The summed E-state index contributed by atoms with van der Waals surface area (Å²) in [6.45, 7) is 3.90. The molecule has 1 rings (SSSR count). The number of allylic oxidation sites excluding steroid dienone is 3. The van der Waals surface area contributed by atoms with Crippen molar-refractivity contribution in [2.45, 2.75) is 25.7 Å². The van der Waals surface area contributed by atoms with Crippen LogP contribution in [-0.2, 0) is 0 Å². The molecule has 0 aromatic heterocycles. The Hall–Kier alpha value is 0.210. The molecule has 0 aliphatic heterocycles. The summed E-state index contributed by atoms with van der Waals surface area (Å²) in [6, 6.07) is 0. The highest BCUT2D eigenvalue weighted by molar-refractivity contribution is 14.1. The van der Waals surface area contributed by atoms with Crippen molar-refractivity contribution in [3.63, 3.8) is 0 Å². The van der Waals surface area contributed by atoms with Crippen molar-refractivity contribution < 1.29 is 0 Å². The molecule has 0 nitrogen and oxygen atoms in total. The maximum atomic E-state index is 3.90. The first-order chi connectivity index (χ1) is 4.30. The molecule has 0 spiro atoms. The lowest BCUT2D eigenvalue weighted by atomic mass is 10.00. The van der Waals surface area contributed by atoms with Crippen LogP contribution in [0.3, 0.4) is 0 Å². The van der Waals surface area contributed by atoms with Crippen LogP contribution in [0.1, 0.15) is 25.7 Å². The number of rotatable bonds is 1. The van der Waals surface area contributed by atoms with Crippen LogP contribution in [0, 0.1) is 0 Å². The van der Waals surface area contributed by atoms with Crippen LogP contribution in [0.15, 0.2) is 21.8 Å². The number of hydrogen-bond donors (Lipinski definition) is 0. The third kappa shape index (κ3) is 2.12. The van der Waals surface area contributed by atoms with Crippen molar-refractivity contribution in [3.05, 3.63) is 21.8 Å². The van der Waals surface area contributed by atoms with E-state index in [0.29, 0.717) is 0 Å². The first kappa shape index (κ1) is 7.32. The van der Waals surface area contributed by atoms with Gasteiger partial charge in [-0.2, -0.15) is 0 Å². The third-order valence-electron chi connectivity index (χ3n) is 1.64. The molecular formula is C8H11I. The molecule has 0 saturated carbocycles. The zero-order valence-corrected chi connectivity index (χ0v) is 7.65. The van der Waals surface area contributed by atoms with Crippen LogP contribution < -0.4 is 0 Å². The lowest BCUT2D eigenvalue weighted by Crippen LogP contribution is -1.89. The van der Waals surface area contributed by atoms with Gasteiger partial charge in [-0.1, -0.05) is 12.7 Å². The Labute approximate surface area is 70.2 Å². The van der Waals surface area contributed by atoms with Gasteiger partial charge in [0.05, 0.1) is 0 Å². The van der Waals surface area contributed by atoms with E-state index in [-0.39, 0.29) is 0 Å². The topological polar surface area (TPSA) is 0 Å². The first-order valence-electron chi connectivity index (χ1n) is 3.34. The summed E-state index contributed by atoms with van der Waals surface area (Å²) >= 11 is 2.30. The first-order valence-corrected chi connectivity index (χ1v) is 4.42. The van der Waals surface area contributed by atoms with Crippen LogP contribution >= 0.6 is 22.6 Å². The largest absolute Gasteiger partial charge is 0.0853 e. The van der Waals surface area contributed by atoms with Gasteiger partial charge >= 0.3 is 0 Å². The van der Waals surface area contributed by atoms with Crippen molar-refractivity contribution in [1.29, 1.82) is 0 Å². The van der Waals surface area contributed by atoms with Gasteiger partial charge < -0.3 is 0 Å². The summed E-state index contributed by atoms with van der Waals surface area (Å²) in [5.41, 5.74) is 1.47. The minimum atomic E-state index is 1.23. The number of halogens is 1. The van der Waals surface area contributed by atoms with Gasteiger partial charge in [0.2, 0.25) is 0 Å². The number of hydrogen-bond acceptors (Lipinski definition) is 0. The van der Waals surface area contributed by atoms with Crippen LogP contribution in [0.25, 0.3) is 0 Å². The Morgan fingerprint density at radius 1 is 1.56 bits per heavy atom. The Morgan fingerprint density at radius 3 is 2.67 bits per heavy atom. The van der Waals surface area contributed by atoms with E-state index in [1.165, 1.54) is 34.8 Å². The Kier molecular flexibility index (Phi) is 2.76. The van der Waals surface area contributed by atoms with Gasteiger partial charge in [0, 0.05) is 3.58 Å². The molecule has 0 unspecified atom stereocenters. The highest BCUT2D eigenvalue weighted by atomic mass is 127. The maximum Gasteiger partial charge on any atom is 0.00868 e. The van der Waals surface area contributed by atoms with Crippen LogP contribution in [0.4, 0.5) is 0 Å². The van der Waals surface area contributed by atoms with E-state index in [0.717, 1.165) is 0 Å². The van der Waals surface area contributed by atoms with E-state index in [1.54, 1.807) is 0 Å². The van der Waals surface area contributed by atoms with Crippen molar-refractivity contribution in [2.75, 3.05) is 0 Å². The summed E-state index contributed by atoms with van der Waals surface area (Å²) in [5.74, 6) is 0. The molecule has 0 saturated heterocycles. The molecule has 1 aliphatic rings. The summed E-state index contributed by atoms with van der Waals surface area (Å²) in [6.07, 6.45) is 7.55. The van der Waals surface area contributed by atoms with Gasteiger partial charge in [0.1, 0.15) is 0 Å². The van der Waals surface area contributed by atoms with Gasteiger partial charge in [-0.3, -0.25) is 0 Å². The second-order valence-corrected chi connectivity index (χ2v) is 3.68. The predicted molar refractivity (Wildman–Crippen MR) is 49.7 cm³/mol. The fraction of sp³-hybridized carbons (Fsp3) is 0.500. The smallest absolute Gasteiger partial charge is 0.00868 e. The molecule has 0 radical (unpaired) electrons. The van der Waals surface area contributed by atoms with Crippen molar-refractivity contribution >= 4 is 22.6 Å². The summed E-state index contributed by atoms with van der Waals surface area (Å²) in [5, 5.41) is 0. The summed E-state index contributed by atoms with van der Waals surface area (Å²) < 4.78 is 1.23. The lowest BCUT2D eigenvalue weighted by Gasteiger charge is -2.10. The quantitative estimate of drug-likeness (QED) is 0.609. The molecule has 0 fully saturated rings. The molecule has 1 aliphatic carbocycles. The molecule has 0 aromatic rings. The molecule has 0 aromatic carbocycles. The summed E-state index contributed by atoms with van der Waals surface area (Å²) in [4.78, 5) is 0. The van der Waals surface area contributed by atoms with Gasteiger partial charge in [0.15, 0.2) is 0 Å². The average molecular weight is 234 g/mol. The molecule has 0 atom stereocenters. The van der Waals surface area contributed by atoms with Crippen LogP contribution in [-0.4, -0.2) is 0 Å². The van der Waals surface area contributed by atoms with Crippen molar-refractivity contribution in [2.24, 2.45) is 0 Å². The van der Waals surface area contributed by atoms with E-state index in [4.69, 9.17) is 0 Å². The highest BCUT2D eigenvalue weighted by Gasteiger charge is 2.03. The molecule has 0 N–H and O–H groups in total. The standard InChI is InChI=1S/C8H11I/c1-7(9)8-5-3-2-4-6-8/h5H,1-4,6H2. The lowest BCUT2D eigenvalue weighted by molar-refractivity contribution is 0.711. The van der Waals surface area contributed by atoms with Gasteiger partial charge in [0.25, 0.3) is 0 Å². The molecule has 1 heteroatoms. The van der Waals surface area contributed by atoms with E-state index < -0.39 is 0 Å². The summed E-state index contributed by atoms with van der Waals surface area (Å²) in [7, 11) is 0. The SMILES string of the molecule is C=C(I)C1=CCCCC1. The normalized spacial score (nSPS) is 19.0. The molecular weight excluding hydrogens is 223 g/mol. The monoisotopic (exact) mass is 234 g/mol. The van der Waals surface area contributed by atoms with Crippen LogP contribution in [0.2, 0.25) is 0 Å². The van der Waals surface area contributed by atoms with Gasteiger partial charge in [-0.15, -0.1) is 0 Å². The van der Waals surface area contributed by atoms with E-state index in [2.05, 4.69) is 35.2 Å². The average Bonchev–Trinajstić information content (AvgIpc) is 1.90. The third-order valence-corrected chi connectivity index (χ3v) is 2.33. The highest BCUT2D eigenvalue weighted by Crippen LogP contribution is 2.26. The minimum absolute atomic E-state index is 1.23. The minimum Gasteiger partial charge on any atom is -0.0853 e. The Bertz CT molecular complexity index is 145. The molecule has 0 heterocycles. The maximum absolute atomic E-state index is 3.90. The Balaban J connectivity index is 2.57. The zero-order valence-electron chi connectivity index (χ0n) is 5.49. The van der Waals surface area contributed by atoms with E-state index >= 15 is 0 Å². The van der Waals surface area contributed by atoms with Crippen LogP contribution in [0.5, 0.6) is 0 Å². The fourth-order valence-electron chi connectivity index (χ4n) is 1.08. The molecule has 50 valence electrons. The second-order valence-electron chi connectivity index (χ2n) is 2.38. The van der Waals surface area contributed by atoms with Gasteiger partial charge in [-0.05, 0) is 53.8 Å². The molecule has 9 heavy (non-hydrogen) atoms. The van der Waals surface area contributed by atoms with Crippen molar-refractivity contribution in [3.8, 4) is 0 Å². The molecule has 0 bridgehead atoms.